The highest BCUT2D eigenvalue weighted by Crippen LogP contribution is 2.20. The highest BCUT2D eigenvalue weighted by molar-refractivity contribution is 7.13. The van der Waals surface area contributed by atoms with E-state index in [2.05, 4.69) is 4.98 Å². The molecule has 1 aromatic carbocycles. The molecule has 25 heavy (non-hydrogen) atoms. The number of nitrogens with zero attached hydrogens (tertiary/aromatic N) is 3. The second-order valence-corrected chi connectivity index (χ2v) is 7.51. The molecule has 0 spiro atoms. The minimum absolute atomic E-state index is 0.0412. The van der Waals surface area contributed by atoms with E-state index in [1.54, 1.807) is 0 Å². The zero-order valence-corrected chi connectivity index (χ0v) is 15.5. The maximum atomic E-state index is 12.6. The van der Waals surface area contributed by atoms with E-state index in [4.69, 9.17) is 0 Å². The molecule has 1 fully saturated rings. The molecule has 0 unspecified atom stereocenters. The fourth-order valence-electron chi connectivity index (χ4n) is 3.09. The Morgan fingerprint density at radius 2 is 1.68 bits per heavy atom. The number of aromatic nitrogens is 1. The molecule has 132 valence electrons. The highest BCUT2D eigenvalue weighted by atomic mass is 32.1. The van der Waals surface area contributed by atoms with Crippen molar-refractivity contribution in [2.75, 3.05) is 26.2 Å². The predicted molar refractivity (Wildman–Crippen MR) is 98.8 cm³/mol. The molecule has 1 aliphatic heterocycles. The largest absolute Gasteiger partial charge is 0.339 e. The van der Waals surface area contributed by atoms with Crippen LogP contribution in [0.4, 0.5) is 0 Å². The lowest BCUT2D eigenvalue weighted by molar-refractivity contribution is -0.132. The number of aryl methyl sites for hydroxylation is 3. The molecule has 1 aromatic heterocycles. The molecule has 6 heteroatoms. The van der Waals surface area contributed by atoms with Gasteiger partial charge in [-0.25, -0.2) is 4.98 Å². The Bertz CT molecular complexity index is 749. The molecule has 5 nitrogen and oxygen atoms in total. The van der Waals surface area contributed by atoms with Crippen molar-refractivity contribution in [2.24, 2.45) is 0 Å². The number of carbonyl (C=O) groups is 2. The van der Waals surface area contributed by atoms with Gasteiger partial charge in [-0.2, -0.15) is 0 Å². The summed E-state index contributed by atoms with van der Waals surface area (Å²) < 4.78 is 0. The predicted octanol–water partition coefficient (Wildman–Crippen LogP) is 2.68. The van der Waals surface area contributed by atoms with E-state index in [1.807, 2.05) is 54.0 Å². The second-order valence-electron chi connectivity index (χ2n) is 6.31. The average molecular weight is 357 g/mol. The molecule has 0 atom stereocenters. The van der Waals surface area contributed by atoms with Crippen molar-refractivity contribution in [3.63, 3.8) is 0 Å². The van der Waals surface area contributed by atoms with Crippen LogP contribution in [-0.4, -0.2) is 52.8 Å². The van der Waals surface area contributed by atoms with Crippen LogP contribution in [0.25, 0.3) is 0 Å². The number of hydrogen-bond donors (Lipinski definition) is 0. The normalized spacial score (nSPS) is 14.6. The lowest BCUT2D eigenvalue weighted by Crippen LogP contribution is -2.50. The van der Waals surface area contributed by atoms with Crippen LogP contribution < -0.4 is 0 Å². The molecule has 2 heterocycles. The average Bonchev–Trinajstić information content (AvgIpc) is 2.98. The summed E-state index contributed by atoms with van der Waals surface area (Å²) in [4.78, 5) is 33.8. The molecule has 3 rings (SSSR count). The van der Waals surface area contributed by atoms with Crippen molar-refractivity contribution in [1.29, 1.82) is 0 Å². The number of rotatable bonds is 4. The first kappa shape index (κ1) is 17.6. The molecule has 2 aromatic rings. The van der Waals surface area contributed by atoms with Crippen molar-refractivity contribution in [2.45, 2.75) is 26.7 Å². The Kier molecular flexibility index (Phi) is 5.48. The van der Waals surface area contributed by atoms with Crippen molar-refractivity contribution >= 4 is 23.2 Å². The summed E-state index contributed by atoms with van der Waals surface area (Å²) in [6.07, 6.45) is 1.28. The van der Waals surface area contributed by atoms with Crippen molar-refractivity contribution in [3.8, 4) is 0 Å². The molecule has 0 N–H and O–H groups in total. The Labute approximate surface area is 152 Å². The summed E-state index contributed by atoms with van der Waals surface area (Å²) in [5.41, 5.74) is 1.98. The topological polar surface area (TPSA) is 53.5 Å². The summed E-state index contributed by atoms with van der Waals surface area (Å²) in [5.74, 6) is 0.209. The Hall–Kier alpha value is -2.21. The van der Waals surface area contributed by atoms with Gasteiger partial charge in [-0.05, 0) is 25.8 Å². The monoisotopic (exact) mass is 357 g/mol. The second kappa shape index (κ2) is 7.78. The quantitative estimate of drug-likeness (QED) is 0.845. The van der Waals surface area contributed by atoms with Gasteiger partial charge < -0.3 is 9.80 Å². The number of hydrogen-bond acceptors (Lipinski definition) is 4. The maximum Gasteiger partial charge on any atom is 0.265 e. The third kappa shape index (κ3) is 4.25. The van der Waals surface area contributed by atoms with Crippen molar-refractivity contribution in [1.82, 2.24) is 14.8 Å². The Balaban J connectivity index is 1.50. The van der Waals surface area contributed by atoms with E-state index in [0.717, 1.165) is 22.0 Å². The fraction of sp³-hybridized carbons (Fsp3) is 0.421. The molecule has 0 bridgehead atoms. The summed E-state index contributed by atoms with van der Waals surface area (Å²) in [6.45, 7) is 6.18. The summed E-state index contributed by atoms with van der Waals surface area (Å²) >= 11 is 1.45. The van der Waals surface area contributed by atoms with Crippen LogP contribution >= 0.6 is 11.3 Å². The van der Waals surface area contributed by atoms with Gasteiger partial charge in [0.15, 0.2) is 0 Å². The lowest BCUT2D eigenvalue weighted by atomic mass is 10.1. The van der Waals surface area contributed by atoms with Crippen molar-refractivity contribution in [3.05, 3.63) is 51.5 Å². The van der Waals surface area contributed by atoms with Crippen LogP contribution in [0.15, 0.2) is 30.3 Å². The third-order valence-electron chi connectivity index (χ3n) is 4.49. The van der Waals surface area contributed by atoms with Gasteiger partial charge in [-0.3, -0.25) is 9.59 Å². The van der Waals surface area contributed by atoms with Crippen LogP contribution in [0.5, 0.6) is 0 Å². The number of benzene rings is 1. The SMILES string of the molecule is Cc1nc(C)c(C(=O)N2CCN(C(=O)CCc3ccccc3)CC2)s1. The first-order chi connectivity index (χ1) is 12.0. The molecular formula is C19H23N3O2S. The summed E-state index contributed by atoms with van der Waals surface area (Å²) in [6, 6.07) is 10.1. The summed E-state index contributed by atoms with van der Waals surface area (Å²) in [5, 5.41) is 0.913. The molecule has 2 amide bonds. The van der Waals surface area contributed by atoms with Gasteiger partial charge in [0.05, 0.1) is 10.7 Å². The van der Waals surface area contributed by atoms with E-state index < -0.39 is 0 Å². The van der Waals surface area contributed by atoms with Crippen LogP contribution in [0.2, 0.25) is 0 Å². The molecular weight excluding hydrogens is 334 g/mol. The highest BCUT2D eigenvalue weighted by Gasteiger charge is 2.26. The zero-order valence-electron chi connectivity index (χ0n) is 14.7. The van der Waals surface area contributed by atoms with E-state index in [-0.39, 0.29) is 11.8 Å². The molecule has 0 radical (unpaired) electrons. The lowest BCUT2D eigenvalue weighted by Gasteiger charge is -2.34. The van der Waals surface area contributed by atoms with Crippen LogP contribution in [0.1, 0.15) is 32.4 Å². The number of carbonyl (C=O) groups excluding carboxylic acids is 2. The van der Waals surface area contributed by atoms with Gasteiger partial charge in [0.25, 0.3) is 5.91 Å². The van der Waals surface area contributed by atoms with E-state index in [1.165, 1.54) is 16.9 Å². The Morgan fingerprint density at radius 1 is 1.04 bits per heavy atom. The first-order valence-corrected chi connectivity index (χ1v) is 9.41. The zero-order chi connectivity index (χ0) is 17.8. The number of thiazole rings is 1. The number of piperazine rings is 1. The van der Waals surface area contributed by atoms with Gasteiger partial charge >= 0.3 is 0 Å². The van der Waals surface area contributed by atoms with Gasteiger partial charge in [0.1, 0.15) is 4.88 Å². The van der Waals surface area contributed by atoms with Crippen LogP contribution in [0.3, 0.4) is 0 Å². The molecule has 0 saturated carbocycles. The first-order valence-electron chi connectivity index (χ1n) is 8.59. The van der Waals surface area contributed by atoms with E-state index >= 15 is 0 Å². The molecule has 0 aliphatic carbocycles. The Morgan fingerprint density at radius 3 is 2.28 bits per heavy atom. The van der Waals surface area contributed by atoms with Gasteiger partial charge in [-0.15, -0.1) is 11.3 Å². The van der Waals surface area contributed by atoms with Crippen molar-refractivity contribution < 1.29 is 9.59 Å². The summed E-state index contributed by atoms with van der Waals surface area (Å²) in [7, 11) is 0. The fourth-order valence-corrected chi connectivity index (χ4v) is 3.97. The number of amides is 2. The van der Waals surface area contributed by atoms with E-state index in [0.29, 0.717) is 32.6 Å². The third-order valence-corrected chi connectivity index (χ3v) is 5.55. The minimum atomic E-state index is 0.0412. The maximum absolute atomic E-state index is 12.6. The van der Waals surface area contributed by atoms with E-state index in [9.17, 15) is 9.59 Å². The van der Waals surface area contributed by atoms with Gasteiger partial charge in [0.2, 0.25) is 5.91 Å². The minimum Gasteiger partial charge on any atom is -0.339 e. The van der Waals surface area contributed by atoms with Gasteiger partial charge in [0, 0.05) is 32.6 Å². The van der Waals surface area contributed by atoms with Crippen LogP contribution in [0, 0.1) is 13.8 Å². The van der Waals surface area contributed by atoms with Crippen LogP contribution in [-0.2, 0) is 11.2 Å². The smallest absolute Gasteiger partial charge is 0.265 e. The standard InChI is InChI=1S/C19H23N3O2S/c1-14-18(25-15(2)20-14)19(24)22-12-10-21(11-13-22)17(23)9-8-16-6-4-3-5-7-16/h3-7H,8-13H2,1-2H3. The van der Waals surface area contributed by atoms with Gasteiger partial charge in [-0.1, -0.05) is 30.3 Å². The molecule has 1 aliphatic rings. The molecule has 1 saturated heterocycles.